The van der Waals surface area contributed by atoms with Crippen LogP contribution in [0.5, 0.6) is 0 Å². The Morgan fingerprint density at radius 3 is 2.31 bits per heavy atom. The van der Waals surface area contributed by atoms with Crippen molar-refractivity contribution >= 4 is 17.6 Å². The Labute approximate surface area is 154 Å². The van der Waals surface area contributed by atoms with Crippen molar-refractivity contribution in [3.05, 3.63) is 35.9 Å². The van der Waals surface area contributed by atoms with Gasteiger partial charge in [-0.1, -0.05) is 43.7 Å². The van der Waals surface area contributed by atoms with Crippen LogP contribution in [0, 0.1) is 0 Å². The minimum atomic E-state index is -1.28. The van der Waals surface area contributed by atoms with Crippen LogP contribution < -0.4 is 11.1 Å². The molecule has 1 unspecified atom stereocenters. The summed E-state index contributed by atoms with van der Waals surface area (Å²) >= 11 is 0. The van der Waals surface area contributed by atoms with E-state index in [0.29, 0.717) is 12.0 Å². The number of rotatable bonds is 10. The predicted octanol–water partition coefficient (Wildman–Crippen LogP) is 0.770. The number of hydrogen-bond donors (Lipinski definition) is 3. The highest BCUT2D eigenvalue weighted by atomic mass is 16.3. The Balaban J connectivity index is 2.67. The van der Waals surface area contributed by atoms with Crippen LogP contribution in [-0.4, -0.2) is 53.8 Å². The van der Waals surface area contributed by atoms with E-state index in [1.807, 2.05) is 13.0 Å². The highest BCUT2D eigenvalue weighted by Gasteiger charge is 2.26. The van der Waals surface area contributed by atoms with Crippen molar-refractivity contribution in [2.24, 2.45) is 5.73 Å². The maximum Gasteiger partial charge on any atom is 0.249 e. The van der Waals surface area contributed by atoms with Crippen LogP contribution in [0.1, 0.15) is 44.2 Å². The lowest BCUT2D eigenvalue weighted by Gasteiger charge is -2.22. The Kier molecular flexibility index (Phi) is 8.95. The molecular formula is C19H29N3O4. The van der Waals surface area contributed by atoms with Gasteiger partial charge in [-0.15, -0.1) is 0 Å². The summed E-state index contributed by atoms with van der Waals surface area (Å²) in [5.41, 5.74) is 6.37. The van der Waals surface area contributed by atoms with Crippen molar-refractivity contribution < 1.29 is 19.5 Å². The lowest BCUT2D eigenvalue weighted by molar-refractivity contribution is -0.135. The predicted molar refractivity (Wildman–Crippen MR) is 99.2 cm³/mol. The third-order valence-electron chi connectivity index (χ3n) is 4.06. The van der Waals surface area contributed by atoms with Crippen LogP contribution in [0.4, 0.5) is 0 Å². The van der Waals surface area contributed by atoms with Gasteiger partial charge in [0.2, 0.25) is 11.8 Å². The summed E-state index contributed by atoms with van der Waals surface area (Å²) in [6.07, 6.45) is -0.140. The molecule has 7 heteroatoms. The molecular weight excluding hydrogens is 334 g/mol. The molecule has 0 saturated carbocycles. The van der Waals surface area contributed by atoms with E-state index < -0.39 is 29.9 Å². The van der Waals surface area contributed by atoms with E-state index in [-0.39, 0.29) is 18.7 Å². The summed E-state index contributed by atoms with van der Waals surface area (Å²) in [6, 6.07) is 7.39. The molecule has 0 aliphatic rings. The summed E-state index contributed by atoms with van der Waals surface area (Å²) in [5, 5.41) is 12.6. The Morgan fingerprint density at radius 1 is 1.15 bits per heavy atom. The number of nitrogens with one attached hydrogen (secondary N) is 1. The number of Topliss-reactive ketones (excluding diaryl/α,β-unsaturated/α-hetero) is 1. The van der Waals surface area contributed by atoms with E-state index in [2.05, 4.69) is 5.32 Å². The molecule has 7 nitrogen and oxygen atoms in total. The van der Waals surface area contributed by atoms with Gasteiger partial charge in [0, 0.05) is 20.5 Å². The van der Waals surface area contributed by atoms with E-state index in [1.165, 1.54) is 4.90 Å². The van der Waals surface area contributed by atoms with Gasteiger partial charge < -0.3 is 21.1 Å². The minimum Gasteiger partial charge on any atom is -0.385 e. The molecule has 0 fully saturated rings. The molecule has 4 N–H and O–H groups in total. The van der Waals surface area contributed by atoms with Crippen molar-refractivity contribution in [2.45, 2.75) is 50.8 Å². The zero-order valence-electron chi connectivity index (χ0n) is 15.6. The molecule has 0 heterocycles. The largest absolute Gasteiger partial charge is 0.385 e. The molecule has 0 bridgehead atoms. The fourth-order valence-corrected chi connectivity index (χ4v) is 2.53. The highest BCUT2D eigenvalue weighted by Crippen LogP contribution is 2.15. The van der Waals surface area contributed by atoms with Crippen molar-refractivity contribution in [1.29, 1.82) is 0 Å². The number of carbonyl (C=O) groups excluding carboxylic acids is 3. The average molecular weight is 363 g/mol. The Hall–Kier alpha value is -2.25. The van der Waals surface area contributed by atoms with Gasteiger partial charge in [-0.3, -0.25) is 14.4 Å². The first-order chi connectivity index (χ1) is 12.3. The van der Waals surface area contributed by atoms with Crippen molar-refractivity contribution in [3.8, 4) is 0 Å². The van der Waals surface area contributed by atoms with Crippen LogP contribution in [0.2, 0.25) is 0 Å². The Bertz CT molecular complexity index is 604. The SMILES string of the molecule is CCCC(N)C(=O)[C@H](O)CCC(=O)N[C@H](C(=O)N(C)C)c1ccccc1. The quantitative estimate of drug-likeness (QED) is 0.568. The van der Waals surface area contributed by atoms with Crippen LogP contribution in [0.3, 0.4) is 0 Å². The third kappa shape index (κ3) is 6.57. The first-order valence-electron chi connectivity index (χ1n) is 8.80. The number of hydrogen-bond acceptors (Lipinski definition) is 5. The topological polar surface area (TPSA) is 113 Å². The fraction of sp³-hybridized carbons (Fsp3) is 0.526. The number of benzene rings is 1. The zero-order valence-corrected chi connectivity index (χ0v) is 15.6. The van der Waals surface area contributed by atoms with Crippen LogP contribution in [0.15, 0.2) is 30.3 Å². The van der Waals surface area contributed by atoms with Crippen LogP contribution in [0.25, 0.3) is 0 Å². The molecule has 0 radical (unpaired) electrons. The molecule has 0 aliphatic heterocycles. The molecule has 1 aromatic rings. The third-order valence-corrected chi connectivity index (χ3v) is 4.06. The van der Waals surface area contributed by atoms with Crippen LogP contribution in [-0.2, 0) is 14.4 Å². The first kappa shape index (κ1) is 21.8. The number of aliphatic hydroxyl groups is 1. The van der Waals surface area contributed by atoms with E-state index in [1.54, 1.807) is 38.4 Å². The number of nitrogens with zero attached hydrogens (tertiary/aromatic N) is 1. The molecule has 1 rings (SSSR count). The highest BCUT2D eigenvalue weighted by molar-refractivity contribution is 5.90. The smallest absolute Gasteiger partial charge is 0.249 e. The zero-order chi connectivity index (χ0) is 19.7. The van der Waals surface area contributed by atoms with Crippen molar-refractivity contribution in [2.75, 3.05) is 14.1 Å². The van der Waals surface area contributed by atoms with Crippen LogP contribution >= 0.6 is 0 Å². The summed E-state index contributed by atoms with van der Waals surface area (Å²) in [7, 11) is 3.23. The lowest BCUT2D eigenvalue weighted by Crippen LogP contribution is -2.41. The normalized spacial score (nSPS) is 14.2. The number of nitrogens with two attached hydrogens (primary N) is 1. The second-order valence-electron chi connectivity index (χ2n) is 6.50. The number of aliphatic hydroxyl groups excluding tert-OH is 1. The second kappa shape index (κ2) is 10.7. The number of likely N-dealkylation sites (N-methyl/N-ethyl adjacent to an activating group) is 1. The summed E-state index contributed by atoms with van der Waals surface area (Å²) < 4.78 is 0. The number of ketones is 1. The molecule has 0 aromatic heterocycles. The molecule has 0 spiro atoms. The molecule has 1 aromatic carbocycles. The molecule has 0 saturated heterocycles. The van der Waals surface area contributed by atoms with Gasteiger partial charge in [0.1, 0.15) is 12.1 Å². The van der Waals surface area contributed by atoms with Crippen molar-refractivity contribution in [3.63, 3.8) is 0 Å². The maximum absolute atomic E-state index is 12.4. The molecule has 144 valence electrons. The number of amides is 2. The average Bonchev–Trinajstić information content (AvgIpc) is 2.63. The first-order valence-corrected chi connectivity index (χ1v) is 8.80. The Morgan fingerprint density at radius 2 is 1.77 bits per heavy atom. The number of carbonyl (C=O) groups is 3. The van der Waals surface area contributed by atoms with Crippen molar-refractivity contribution in [1.82, 2.24) is 10.2 Å². The standard InChI is InChI=1S/C19H29N3O4/c1-4-8-14(20)18(25)15(23)11-12-16(24)21-17(19(26)22(2)3)13-9-6-5-7-10-13/h5-7,9-10,14-15,17,23H,4,8,11-12,20H2,1-3H3,(H,21,24)/t14?,15-,17+/m1/s1. The molecule has 2 amide bonds. The van der Waals surface area contributed by atoms with Gasteiger partial charge in [0.05, 0.1) is 6.04 Å². The van der Waals surface area contributed by atoms with Gasteiger partial charge in [0.25, 0.3) is 0 Å². The summed E-state index contributed by atoms with van der Waals surface area (Å²) in [6.45, 7) is 1.90. The monoisotopic (exact) mass is 363 g/mol. The minimum absolute atomic E-state index is 0.0280. The molecule has 0 aliphatic carbocycles. The van der Waals surface area contributed by atoms with E-state index in [4.69, 9.17) is 5.73 Å². The second-order valence-corrected chi connectivity index (χ2v) is 6.50. The maximum atomic E-state index is 12.4. The molecule has 3 atom stereocenters. The van der Waals surface area contributed by atoms with Gasteiger partial charge in [-0.25, -0.2) is 0 Å². The summed E-state index contributed by atoms with van der Waals surface area (Å²) in [4.78, 5) is 37.9. The van der Waals surface area contributed by atoms with Gasteiger partial charge in [-0.2, -0.15) is 0 Å². The summed E-state index contributed by atoms with van der Waals surface area (Å²) in [5.74, 6) is -1.13. The van der Waals surface area contributed by atoms with Gasteiger partial charge >= 0.3 is 0 Å². The van der Waals surface area contributed by atoms with E-state index >= 15 is 0 Å². The lowest BCUT2D eigenvalue weighted by atomic mass is 10.00. The van der Waals surface area contributed by atoms with Gasteiger partial charge in [-0.05, 0) is 18.4 Å². The molecule has 26 heavy (non-hydrogen) atoms. The van der Waals surface area contributed by atoms with E-state index in [0.717, 1.165) is 6.42 Å². The van der Waals surface area contributed by atoms with Gasteiger partial charge in [0.15, 0.2) is 5.78 Å². The fourth-order valence-electron chi connectivity index (χ4n) is 2.53. The van der Waals surface area contributed by atoms with E-state index in [9.17, 15) is 19.5 Å².